The van der Waals surface area contributed by atoms with Crippen molar-refractivity contribution in [2.75, 3.05) is 12.3 Å². The van der Waals surface area contributed by atoms with Crippen molar-refractivity contribution in [1.29, 1.82) is 0 Å². The van der Waals surface area contributed by atoms with Crippen molar-refractivity contribution in [2.45, 2.75) is 134 Å². The standard InChI is InChI=1S/C31H51F2NO4S/c1-29-14-13-24-28(25(35)17-21-18-26(36)31(32,33)19-30(21,24)2)23(29)12-11-20(29)7-6-10-27(37)34(15-16-39-38)22-8-4-3-5-9-22/h20-26,28,35-36,38H,3-19H2,1-2H3. The number of nitrogens with zero attached hydrogens (tertiary/aromatic N) is 1. The highest BCUT2D eigenvalue weighted by molar-refractivity contribution is 7.93. The van der Waals surface area contributed by atoms with Crippen LogP contribution in [0.25, 0.3) is 0 Å². The molecule has 5 saturated carbocycles. The van der Waals surface area contributed by atoms with Gasteiger partial charge < -0.3 is 19.7 Å². The molecule has 3 N–H and O–H groups in total. The Kier molecular flexibility index (Phi) is 8.99. The van der Waals surface area contributed by atoms with Crippen LogP contribution < -0.4 is 0 Å². The van der Waals surface area contributed by atoms with Gasteiger partial charge in [-0.3, -0.25) is 4.79 Å². The molecular formula is C31H51F2NO4S. The highest BCUT2D eigenvalue weighted by Gasteiger charge is 2.65. The van der Waals surface area contributed by atoms with Crippen LogP contribution in [-0.2, 0) is 4.79 Å². The van der Waals surface area contributed by atoms with Gasteiger partial charge in [0.15, 0.2) is 0 Å². The number of aliphatic hydroxyl groups excluding tert-OH is 2. The number of rotatable bonds is 8. The summed E-state index contributed by atoms with van der Waals surface area (Å²) in [5.41, 5.74) is -0.449. The third-order valence-electron chi connectivity index (χ3n) is 12.6. The van der Waals surface area contributed by atoms with E-state index in [0.29, 0.717) is 43.0 Å². The van der Waals surface area contributed by atoms with E-state index in [1.165, 1.54) is 19.3 Å². The number of amides is 1. The maximum absolute atomic E-state index is 14.8. The Balaban J connectivity index is 1.22. The lowest BCUT2D eigenvalue weighted by Crippen LogP contribution is -2.61. The molecule has 0 heterocycles. The molecule has 224 valence electrons. The Morgan fingerprint density at radius 2 is 1.69 bits per heavy atom. The minimum absolute atomic E-state index is 0.0488. The third-order valence-corrected chi connectivity index (χ3v) is 13.0. The fourth-order valence-electron chi connectivity index (χ4n) is 10.5. The molecule has 5 aliphatic rings. The molecule has 0 aromatic rings. The van der Waals surface area contributed by atoms with Crippen LogP contribution in [0.1, 0.15) is 110 Å². The Hall–Kier alpha value is -0.440. The molecule has 0 bridgehead atoms. The van der Waals surface area contributed by atoms with E-state index >= 15 is 0 Å². The SMILES string of the molecule is CC12CCC3C(C(O)CC4CC(O)C(F)(F)CC43C)C1CCC2CCCC(=O)N(CCSO)C1CCCCC1. The highest BCUT2D eigenvalue weighted by atomic mass is 32.2. The Labute approximate surface area is 238 Å². The van der Waals surface area contributed by atoms with Gasteiger partial charge in [0.05, 0.1) is 6.10 Å². The van der Waals surface area contributed by atoms with Crippen LogP contribution in [0, 0.1) is 40.4 Å². The summed E-state index contributed by atoms with van der Waals surface area (Å²) in [5.74, 6) is -1.35. The first-order valence-corrected chi connectivity index (χ1v) is 16.8. The summed E-state index contributed by atoms with van der Waals surface area (Å²) >= 11 is 0.815. The quantitative estimate of drug-likeness (QED) is 0.281. The van der Waals surface area contributed by atoms with Crippen LogP contribution in [0.15, 0.2) is 0 Å². The average molecular weight is 572 g/mol. The molecule has 9 atom stereocenters. The number of carbonyl (C=O) groups excluding carboxylic acids is 1. The monoisotopic (exact) mass is 571 g/mol. The molecule has 5 rings (SSSR count). The first-order chi connectivity index (χ1) is 18.5. The minimum Gasteiger partial charge on any atom is -0.393 e. The molecule has 1 amide bonds. The van der Waals surface area contributed by atoms with Crippen LogP contribution in [0.3, 0.4) is 0 Å². The maximum atomic E-state index is 14.8. The van der Waals surface area contributed by atoms with Gasteiger partial charge in [-0.25, -0.2) is 8.78 Å². The topological polar surface area (TPSA) is 81.0 Å². The molecule has 0 aromatic carbocycles. The second-order valence-corrected chi connectivity index (χ2v) is 15.1. The van der Waals surface area contributed by atoms with E-state index in [-0.39, 0.29) is 41.9 Å². The number of hydrogen-bond acceptors (Lipinski definition) is 5. The number of halogens is 2. The van der Waals surface area contributed by atoms with Gasteiger partial charge in [-0.1, -0.05) is 33.1 Å². The van der Waals surface area contributed by atoms with Crippen molar-refractivity contribution < 1.29 is 28.3 Å². The number of carbonyl (C=O) groups is 1. The van der Waals surface area contributed by atoms with Gasteiger partial charge in [0.25, 0.3) is 5.92 Å². The summed E-state index contributed by atoms with van der Waals surface area (Å²) in [6, 6.07) is 0.313. The molecule has 8 heteroatoms. The highest BCUT2D eigenvalue weighted by Crippen LogP contribution is 2.69. The first kappa shape index (κ1) is 30.0. The van der Waals surface area contributed by atoms with Crippen LogP contribution in [0.5, 0.6) is 0 Å². The van der Waals surface area contributed by atoms with Crippen molar-refractivity contribution in [2.24, 2.45) is 40.4 Å². The molecule has 39 heavy (non-hydrogen) atoms. The molecule has 0 spiro atoms. The van der Waals surface area contributed by atoms with E-state index in [1.54, 1.807) is 0 Å². The summed E-state index contributed by atoms with van der Waals surface area (Å²) < 4.78 is 38.8. The van der Waals surface area contributed by atoms with Gasteiger partial charge in [-0.2, -0.15) is 0 Å². The Morgan fingerprint density at radius 1 is 0.974 bits per heavy atom. The molecule has 5 nitrogen and oxygen atoms in total. The summed E-state index contributed by atoms with van der Waals surface area (Å²) in [6.45, 7) is 5.01. The van der Waals surface area contributed by atoms with E-state index in [1.807, 2.05) is 11.8 Å². The molecule has 9 unspecified atom stereocenters. The first-order valence-electron chi connectivity index (χ1n) is 15.8. The number of fused-ring (bicyclic) bond motifs is 5. The fourth-order valence-corrected chi connectivity index (χ4v) is 10.8. The van der Waals surface area contributed by atoms with Crippen molar-refractivity contribution in [1.82, 2.24) is 4.90 Å². The molecule has 0 aliphatic heterocycles. The average Bonchev–Trinajstić information content (AvgIpc) is 3.23. The van der Waals surface area contributed by atoms with E-state index in [0.717, 1.165) is 63.4 Å². The van der Waals surface area contributed by atoms with Crippen LogP contribution in [0.2, 0.25) is 0 Å². The van der Waals surface area contributed by atoms with E-state index < -0.39 is 23.5 Å². The molecule has 0 saturated heterocycles. The Morgan fingerprint density at radius 3 is 2.41 bits per heavy atom. The minimum atomic E-state index is -3.05. The second-order valence-electron chi connectivity index (χ2n) is 14.4. The van der Waals surface area contributed by atoms with Crippen molar-refractivity contribution >= 4 is 17.9 Å². The number of alkyl halides is 2. The van der Waals surface area contributed by atoms with Crippen LogP contribution >= 0.6 is 12.0 Å². The predicted molar refractivity (Wildman–Crippen MR) is 150 cm³/mol. The molecule has 5 aliphatic carbocycles. The summed E-state index contributed by atoms with van der Waals surface area (Å²) in [4.78, 5) is 15.3. The number of hydrogen-bond donors (Lipinski definition) is 3. The van der Waals surface area contributed by atoms with Crippen molar-refractivity contribution in [3.05, 3.63) is 0 Å². The lowest BCUT2D eigenvalue weighted by atomic mass is 9.43. The summed E-state index contributed by atoms with van der Waals surface area (Å²) in [6.07, 6.45) is 10.4. The van der Waals surface area contributed by atoms with Crippen molar-refractivity contribution in [3.8, 4) is 0 Å². The lowest BCUT2D eigenvalue weighted by molar-refractivity contribution is -0.235. The van der Waals surface area contributed by atoms with Crippen molar-refractivity contribution in [3.63, 3.8) is 0 Å². The van der Waals surface area contributed by atoms with Gasteiger partial charge in [0, 0.05) is 31.2 Å². The Bertz CT molecular complexity index is 872. The van der Waals surface area contributed by atoms with Gasteiger partial charge in [0.1, 0.15) is 6.10 Å². The van der Waals surface area contributed by atoms with E-state index in [2.05, 4.69) is 6.92 Å². The zero-order chi connectivity index (χ0) is 28.0. The summed E-state index contributed by atoms with van der Waals surface area (Å²) in [5, 5.41) is 21.5. The largest absolute Gasteiger partial charge is 0.393 e. The van der Waals surface area contributed by atoms with Crippen LogP contribution in [-0.4, -0.2) is 62.0 Å². The normalized spacial score (nSPS) is 43.8. The number of aliphatic hydroxyl groups is 2. The smallest absolute Gasteiger partial charge is 0.274 e. The zero-order valence-corrected chi connectivity index (χ0v) is 24.8. The second kappa shape index (κ2) is 11.7. The van der Waals surface area contributed by atoms with Gasteiger partial charge in [0.2, 0.25) is 5.91 Å². The van der Waals surface area contributed by atoms with Gasteiger partial charge >= 0.3 is 0 Å². The van der Waals surface area contributed by atoms with E-state index in [9.17, 15) is 28.3 Å². The molecular weight excluding hydrogens is 520 g/mol. The molecule has 0 radical (unpaired) electrons. The van der Waals surface area contributed by atoms with Gasteiger partial charge in [-0.05, 0) is 117 Å². The third kappa shape index (κ3) is 5.54. The fraction of sp³-hybridized carbons (Fsp3) is 0.968. The zero-order valence-electron chi connectivity index (χ0n) is 24.0. The van der Waals surface area contributed by atoms with E-state index in [4.69, 9.17) is 0 Å². The predicted octanol–water partition coefficient (Wildman–Crippen LogP) is 6.76. The molecule has 5 fully saturated rings. The molecule has 0 aromatic heterocycles. The van der Waals surface area contributed by atoms with Gasteiger partial charge in [-0.15, -0.1) is 0 Å². The van der Waals surface area contributed by atoms with Crippen LogP contribution in [0.4, 0.5) is 8.78 Å². The summed E-state index contributed by atoms with van der Waals surface area (Å²) in [7, 11) is 0. The lowest BCUT2D eigenvalue weighted by Gasteiger charge is -2.63. The maximum Gasteiger partial charge on any atom is 0.274 e.